The summed E-state index contributed by atoms with van der Waals surface area (Å²) in [5, 5.41) is 0. The molecule has 0 rings (SSSR count). The molecule has 0 aromatic carbocycles. The highest BCUT2D eigenvalue weighted by atomic mass is 28.1. The smallest absolute Gasteiger partial charge is 0.198 e. The summed E-state index contributed by atoms with van der Waals surface area (Å²) in [5.74, 6) is -0.0152. The van der Waals surface area contributed by atoms with E-state index in [0.29, 0.717) is 16.8 Å². The maximum atomic E-state index is 11.9. The molecule has 1 atom stereocenters. The Labute approximate surface area is 88.6 Å². The summed E-state index contributed by atoms with van der Waals surface area (Å²) in [4.78, 5) is 11.9. The number of hydrogen-bond donors (Lipinski definition) is 1. The summed E-state index contributed by atoms with van der Waals surface area (Å²) in [6.07, 6.45) is 1.66. The van der Waals surface area contributed by atoms with E-state index in [2.05, 4.69) is 0 Å². The zero-order chi connectivity index (χ0) is 11.2. The first-order chi connectivity index (χ1) is 6.51. The van der Waals surface area contributed by atoms with E-state index in [1.807, 2.05) is 6.92 Å². The molecule has 2 N–H and O–H groups in total. The normalized spacial score (nSPS) is 14.3. The molecule has 84 valence electrons. The summed E-state index contributed by atoms with van der Waals surface area (Å²) in [6, 6.07) is 0. The molecule has 0 fully saturated rings. The SMILES string of the molecule is COC([SiH3])(OC)C(=O)C(C)CCCN. The molecule has 1 unspecified atom stereocenters. The molecule has 14 heavy (non-hydrogen) atoms. The van der Waals surface area contributed by atoms with Crippen LogP contribution < -0.4 is 5.73 Å². The van der Waals surface area contributed by atoms with Gasteiger partial charge in [0.15, 0.2) is 11.2 Å². The van der Waals surface area contributed by atoms with Crippen molar-refractivity contribution < 1.29 is 14.3 Å². The maximum absolute atomic E-state index is 11.9. The fourth-order valence-corrected chi connectivity index (χ4v) is 1.78. The van der Waals surface area contributed by atoms with Crippen LogP contribution >= 0.6 is 0 Å². The monoisotopic (exact) mass is 219 g/mol. The van der Waals surface area contributed by atoms with Gasteiger partial charge in [0.05, 0.1) is 10.2 Å². The van der Waals surface area contributed by atoms with E-state index in [1.165, 1.54) is 14.2 Å². The van der Waals surface area contributed by atoms with Crippen molar-refractivity contribution in [3.05, 3.63) is 0 Å². The largest absolute Gasteiger partial charge is 0.351 e. The quantitative estimate of drug-likeness (QED) is 0.452. The highest BCUT2D eigenvalue weighted by molar-refractivity contribution is 6.26. The standard InChI is InChI=1S/C9H21NO3Si/c1-7(5-4-6-10)8(11)9(14,12-2)13-3/h7H,4-6,10H2,1-3,14H3. The van der Waals surface area contributed by atoms with Crippen molar-refractivity contribution in [3.8, 4) is 0 Å². The molecule has 0 radical (unpaired) electrons. The van der Waals surface area contributed by atoms with Crippen molar-refractivity contribution in [2.24, 2.45) is 11.7 Å². The number of carbonyl (C=O) groups excluding carboxylic acids is 1. The molecule has 4 nitrogen and oxygen atoms in total. The Morgan fingerprint density at radius 1 is 1.50 bits per heavy atom. The number of hydrogen-bond acceptors (Lipinski definition) is 4. The molecule has 0 aromatic heterocycles. The minimum atomic E-state index is -0.978. The first kappa shape index (κ1) is 13.8. The van der Waals surface area contributed by atoms with Crippen LogP contribution in [0.5, 0.6) is 0 Å². The minimum absolute atomic E-state index is 0.0302. The molecule has 0 heterocycles. The molecule has 0 aromatic rings. The van der Waals surface area contributed by atoms with Crippen LogP contribution in [0.15, 0.2) is 0 Å². The van der Waals surface area contributed by atoms with E-state index in [1.54, 1.807) is 0 Å². The van der Waals surface area contributed by atoms with E-state index < -0.39 is 5.41 Å². The second-order valence-corrected chi connectivity index (χ2v) is 4.87. The lowest BCUT2D eigenvalue weighted by Crippen LogP contribution is -2.46. The van der Waals surface area contributed by atoms with E-state index in [9.17, 15) is 4.79 Å². The molecule has 0 aliphatic carbocycles. The van der Waals surface area contributed by atoms with Gasteiger partial charge < -0.3 is 15.2 Å². The molecule has 0 aliphatic heterocycles. The molecule has 0 amide bonds. The fraction of sp³-hybridized carbons (Fsp3) is 0.889. The van der Waals surface area contributed by atoms with Gasteiger partial charge >= 0.3 is 0 Å². The number of ketones is 1. The molecule has 5 heteroatoms. The number of ether oxygens (including phenoxy) is 2. The third kappa shape index (κ3) is 3.49. The number of Topliss-reactive ketones (excluding diaryl/α,β-unsaturated/α-hetero) is 1. The van der Waals surface area contributed by atoms with Crippen LogP contribution in [0.1, 0.15) is 19.8 Å². The molecule has 0 saturated carbocycles. The highest BCUT2D eigenvalue weighted by Crippen LogP contribution is 2.17. The van der Waals surface area contributed by atoms with Crippen LogP contribution in [0.4, 0.5) is 0 Å². The van der Waals surface area contributed by atoms with Gasteiger partial charge in [-0.15, -0.1) is 0 Å². The van der Waals surface area contributed by atoms with Crippen LogP contribution in [0.2, 0.25) is 0 Å². The Kier molecular flexibility index (Phi) is 6.18. The first-order valence-electron chi connectivity index (χ1n) is 4.86. The minimum Gasteiger partial charge on any atom is -0.351 e. The molecule has 0 aliphatic rings. The van der Waals surface area contributed by atoms with Crippen LogP contribution in [-0.4, -0.2) is 42.2 Å². The Morgan fingerprint density at radius 2 is 2.00 bits per heavy atom. The van der Waals surface area contributed by atoms with Crippen molar-refractivity contribution >= 4 is 16.0 Å². The van der Waals surface area contributed by atoms with Gasteiger partial charge in [0, 0.05) is 20.1 Å². The summed E-state index contributed by atoms with van der Waals surface area (Å²) < 4.78 is 10.2. The van der Waals surface area contributed by atoms with Gasteiger partial charge in [-0.1, -0.05) is 6.92 Å². The Morgan fingerprint density at radius 3 is 2.36 bits per heavy atom. The summed E-state index contributed by atoms with van der Waals surface area (Å²) >= 11 is 0. The second kappa shape index (κ2) is 6.29. The maximum Gasteiger partial charge on any atom is 0.198 e. The highest BCUT2D eigenvalue weighted by Gasteiger charge is 2.35. The molecular formula is C9H21NO3Si. The molecule has 0 spiro atoms. The Balaban J connectivity index is 4.28. The van der Waals surface area contributed by atoms with Crippen LogP contribution in [0.3, 0.4) is 0 Å². The van der Waals surface area contributed by atoms with Crippen LogP contribution in [0, 0.1) is 5.92 Å². The van der Waals surface area contributed by atoms with Gasteiger partial charge in [0.1, 0.15) is 0 Å². The summed E-state index contributed by atoms with van der Waals surface area (Å²) in [6.45, 7) is 2.51. The number of rotatable bonds is 7. The lowest BCUT2D eigenvalue weighted by Gasteiger charge is -2.28. The van der Waals surface area contributed by atoms with Crippen molar-refractivity contribution in [3.63, 3.8) is 0 Å². The molecule has 0 bridgehead atoms. The predicted molar refractivity (Wildman–Crippen MR) is 59.1 cm³/mol. The van der Waals surface area contributed by atoms with Gasteiger partial charge in [0.25, 0.3) is 0 Å². The average molecular weight is 219 g/mol. The molecular weight excluding hydrogens is 198 g/mol. The van der Waals surface area contributed by atoms with Gasteiger partial charge in [-0.3, -0.25) is 4.79 Å². The number of nitrogens with two attached hydrogens (primary N) is 1. The van der Waals surface area contributed by atoms with Gasteiger partial charge in [-0.05, 0) is 19.4 Å². The Bertz CT molecular complexity index is 183. The van der Waals surface area contributed by atoms with Gasteiger partial charge in [-0.2, -0.15) is 0 Å². The third-order valence-electron chi connectivity index (χ3n) is 2.52. The lowest BCUT2D eigenvalue weighted by atomic mass is 10.00. The summed E-state index contributed by atoms with van der Waals surface area (Å²) in [5.41, 5.74) is 4.41. The van der Waals surface area contributed by atoms with Crippen molar-refractivity contribution in [2.45, 2.75) is 25.2 Å². The first-order valence-corrected chi connectivity index (χ1v) is 5.86. The average Bonchev–Trinajstić information content (AvgIpc) is 2.23. The van der Waals surface area contributed by atoms with E-state index >= 15 is 0 Å². The van der Waals surface area contributed by atoms with Gasteiger partial charge in [-0.25, -0.2) is 0 Å². The third-order valence-corrected chi connectivity index (χ3v) is 3.82. The van der Waals surface area contributed by atoms with Crippen LogP contribution in [-0.2, 0) is 14.3 Å². The zero-order valence-corrected chi connectivity index (χ0v) is 11.5. The number of carbonyl (C=O) groups is 1. The topological polar surface area (TPSA) is 61.5 Å². The zero-order valence-electron chi connectivity index (χ0n) is 9.50. The molecule has 0 saturated heterocycles. The van der Waals surface area contributed by atoms with E-state index in [0.717, 1.165) is 12.8 Å². The van der Waals surface area contributed by atoms with E-state index in [4.69, 9.17) is 15.2 Å². The van der Waals surface area contributed by atoms with Crippen LogP contribution in [0.25, 0.3) is 0 Å². The lowest BCUT2D eigenvalue weighted by molar-refractivity contribution is -0.175. The van der Waals surface area contributed by atoms with Gasteiger partial charge in [0.2, 0.25) is 0 Å². The van der Waals surface area contributed by atoms with Crippen molar-refractivity contribution in [2.75, 3.05) is 20.8 Å². The number of methoxy groups -OCH3 is 2. The second-order valence-electron chi connectivity index (χ2n) is 3.55. The van der Waals surface area contributed by atoms with Crippen molar-refractivity contribution in [1.82, 2.24) is 0 Å². The van der Waals surface area contributed by atoms with Crippen molar-refractivity contribution in [1.29, 1.82) is 0 Å². The Hall–Kier alpha value is -0.233. The predicted octanol–water partition coefficient (Wildman–Crippen LogP) is -0.757. The fourth-order valence-electron chi connectivity index (χ4n) is 1.29. The summed E-state index contributed by atoms with van der Waals surface area (Å²) in [7, 11) is 3.54. The van der Waals surface area contributed by atoms with E-state index in [-0.39, 0.29) is 11.7 Å².